The first-order valence-electron chi connectivity index (χ1n) is 19.2. The summed E-state index contributed by atoms with van der Waals surface area (Å²) in [7, 11) is 0. The molecule has 2 aliphatic rings. The number of rotatable bonds is 4. The van der Waals surface area contributed by atoms with Crippen molar-refractivity contribution in [2.45, 2.75) is 5.41 Å². The van der Waals surface area contributed by atoms with Gasteiger partial charge < -0.3 is 0 Å². The van der Waals surface area contributed by atoms with E-state index in [1.807, 2.05) is 17.4 Å². The van der Waals surface area contributed by atoms with Gasteiger partial charge >= 0.3 is 0 Å². The molecule has 3 heteroatoms. The van der Waals surface area contributed by atoms with Gasteiger partial charge in [-0.3, -0.25) is 0 Å². The van der Waals surface area contributed by atoms with E-state index in [9.17, 15) is 0 Å². The average molecular weight is 729 g/mol. The Balaban J connectivity index is 1.09. The van der Waals surface area contributed by atoms with Crippen molar-refractivity contribution in [1.29, 1.82) is 0 Å². The van der Waals surface area contributed by atoms with E-state index < -0.39 is 5.41 Å². The van der Waals surface area contributed by atoms with Gasteiger partial charge in [-0.1, -0.05) is 170 Å². The topological polar surface area (TPSA) is 25.8 Å². The predicted octanol–water partition coefficient (Wildman–Crippen LogP) is 13.9. The Morgan fingerprint density at radius 2 is 1.00 bits per heavy atom. The third kappa shape index (κ3) is 4.43. The summed E-state index contributed by atoms with van der Waals surface area (Å²) < 4.78 is 1.33. The SMILES string of the molecule is c1ccc(-c2nc(-c3ccc4ccccc4c3)cc(-c3ccccc3-c3ccc4c(c3)C3(c5ccccc5-4)c4ccccc4-c4c3sc3ccccc43)n2)cc1. The second-order valence-corrected chi connectivity index (χ2v) is 15.9. The monoisotopic (exact) mass is 728 g/mol. The molecule has 56 heavy (non-hydrogen) atoms. The molecule has 0 saturated heterocycles. The van der Waals surface area contributed by atoms with Crippen LogP contribution in [0.4, 0.5) is 0 Å². The van der Waals surface area contributed by atoms with Crippen LogP contribution in [0.1, 0.15) is 21.6 Å². The first-order chi connectivity index (χ1) is 27.8. The summed E-state index contributed by atoms with van der Waals surface area (Å²) in [5.74, 6) is 0.712. The summed E-state index contributed by atoms with van der Waals surface area (Å²) in [6.45, 7) is 0. The molecule has 10 aromatic rings. The van der Waals surface area contributed by atoms with Crippen LogP contribution < -0.4 is 0 Å². The van der Waals surface area contributed by atoms with Crippen LogP contribution in [0.5, 0.6) is 0 Å². The highest BCUT2D eigenvalue weighted by molar-refractivity contribution is 7.20. The number of fused-ring (bicyclic) bond motifs is 13. The third-order valence-corrected chi connectivity index (χ3v) is 13.2. The third-order valence-electron chi connectivity index (χ3n) is 11.9. The van der Waals surface area contributed by atoms with E-state index in [1.165, 1.54) is 70.2 Å². The van der Waals surface area contributed by atoms with Gasteiger partial charge in [0.1, 0.15) is 0 Å². The van der Waals surface area contributed by atoms with Crippen molar-refractivity contribution in [1.82, 2.24) is 9.97 Å². The minimum Gasteiger partial charge on any atom is -0.228 e. The van der Waals surface area contributed by atoms with Gasteiger partial charge in [-0.25, -0.2) is 9.97 Å². The molecule has 0 amide bonds. The molecular weight excluding hydrogens is 697 g/mol. The fourth-order valence-electron chi connectivity index (χ4n) is 9.47. The van der Waals surface area contributed by atoms with Gasteiger partial charge in [-0.05, 0) is 79.5 Å². The van der Waals surface area contributed by atoms with Crippen molar-refractivity contribution >= 4 is 32.2 Å². The molecule has 1 unspecified atom stereocenters. The fourth-order valence-corrected chi connectivity index (χ4v) is 10.9. The van der Waals surface area contributed by atoms with Crippen LogP contribution in [-0.2, 0) is 5.41 Å². The van der Waals surface area contributed by atoms with E-state index in [2.05, 4.69) is 188 Å². The van der Waals surface area contributed by atoms with E-state index in [0.717, 1.165) is 33.6 Å². The lowest BCUT2D eigenvalue weighted by Crippen LogP contribution is -2.24. The van der Waals surface area contributed by atoms with Gasteiger partial charge in [0, 0.05) is 37.2 Å². The molecule has 12 rings (SSSR count). The Kier molecular flexibility index (Phi) is 6.75. The molecule has 2 aromatic heterocycles. The summed E-state index contributed by atoms with van der Waals surface area (Å²) >= 11 is 1.95. The lowest BCUT2D eigenvalue weighted by molar-refractivity contribution is 0.812. The average Bonchev–Trinajstić information content (AvgIpc) is 3.90. The second-order valence-electron chi connectivity index (χ2n) is 14.8. The number of aromatic nitrogens is 2. The zero-order chi connectivity index (χ0) is 36.8. The maximum atomic E-state index is 5.30. The Bertz CT molecular complexity index is 3210. The minimum atomic E-state index is -0.412. The van der Waals surface area contributed by atoms with Crippen LogP contribution in [-0.4, -0.2) is 9.97 Å². The molecule has 2 heterocycles. The normalized spacial score (nSPS) is 14.9. The van der Waals surface area contributed by atoms with Crippen molar-refractivity contribution in [2.24, 2.45) is 0 Å². The van der Waals surface area contributed by atoms with Crippen LogP contribution in [0.2, 0.25) is 0 Å². The summed E-state index contributed by atoms with van der Waals surface area (Å²) in [4.78, 5) is 11.9. The van der Waals surface area contributed by atoms with Crippen LogP contribution in [0.25, 0.3) is 88.1 Å². The maximum Gasteiger partial charge on any atom is 0.160 e. The molecule has 0 aliphatic heterocycles. The molecule has 2 aliphatic carbocycles. The second kappa shape index (κ2) is 12.0. The molecular formula is C53H32N2S. The van der Waals surface area contributed by atoms with Gasteiger partial charge in [0.25, 0.3) is 0 Å². The molecule has 2 nitrogen and oxygen atoms in total. The lowest BCUT2D eigenvalue weighted by atomic mass is 9.73. The van der Waals surface area contributed by atoms with E-state index in [0.29, 0.717) is 5.82 Å². The lowest BCUT2D eigenvalue weighted by Gasteiger charge is -2.29. The van der Waals surface area contributed by atoms with E-state index >= 15 is 0 Å². The van der Waals surface area contributed by atoms with E-state index in [4.69, 9.17) is 9.97 Å². The Morgan fingerprint density at radius 1 is 0.375 bits per heavy atom. The molecule has 260 valence electrons. The summed E-state index contributed by atoms with van der Waals surface area (Å²) in [6, 6.07) is 70.6. The summed E-state index contributed by atoms with van der Waals surface area (Å²) in [5, 5.41) is 3.74. The molecule has 1 spiro atoms. The predicted molar refractivity (Wildman–Crippen MR) is 233 cm³/mol. The van der Waals surface area contributed by atoms with E-state index in [-0.39, 0.29) is 0 Å². The Labute approximate surface area is 329 Å². The van der Waals surface area contributed by atoms with Crippen molar-refractivity contribution in [3.63, 3.8) is 0 Å². The van der Waals surface area contributed by atoms with Crippen molar-refractivity contribution < 1.29 is 0 Å². The maximum absolute atomic E-state index is 5.30. The van der Waals surface area contributed by atoms with E-state index in [1.54, 1.807) is 0 Å². The minimum absolute atomic E-state index is 0.412. The van der Waals surface area contributed by atoms with Crippen molar-refractivity contribution in [2.75, 3.05) is 0 Å². The van der Waals surface area contributed by atoms with Gasteiger partial charge in [0.15, 0.2) is 5.82 Å². The van der Waals surface area contributed by atoms with Gasteiger partial charge in [-0.15, -0.1) is 11.3 Å². The number of hydrogen-bond donors (Lipinski definition) is 0. The van der Waals surface area contributed by atoms with Crippen LogP contribution in [0, 0.1) is 0 Å². The van der Waals surface area contributed by atoms with Gasteiger partial charge in [0.2, 0.25) is 0 Å². The number of hydrogen-bond acceptors (Lipinski definition) is 3. The summed E-state index contributed by atoms with van der Waals surface area (Å²) in [6.07, 6.45) is 0. The highest BCUT2D eigenvalue weighted by atomic mass is 32.1. The molecule has 8 aromatic carbocycles. The number of benzene rings is 8. The van der Waals surface area contributed by atoms with Crippen molar-refractivity contribution in [3.8, 4) is 67.3 Å². The molecule has 0 fully saturated rings. The van der Waals surface area contributed by atoms with Gasteiger partial charge in [-0.2, -0.15) is 0 Å². The first kappa shape index (κ1) is 31.4. The van der Waals surface area contributed by atoms with Crippen LogP contribution in [0.3, 0.4) is 0 Å². The number of nitrogens with zero attached hydrogens (tertiary/aromatic N) is 2. The van der Waals surface area contributed by atoms with Gasteiger partial charge in [0.05, 0.1) is 16.8 Å². The quantitative estimate of drug-likeness (QED) is 0.180. The van der Waals surface area contributed by atoms with Crippen molar-refractivity contribution in [3.05, 3.63) is 216 Å². The zero-order valence-corrected chi connectivity index (χ0v) is 31.1. The molecule has 0 radical (unpaired) electrons. The first-order valence-corrected chi connectivity index (χ1v) is 20.0. The highest BCUT2D eigenvalue weighted by Crippen LogP contribution is 2.66. The molecule has 0 bridgehead atoms. The summed E-state index contributed by atoms with van der Waals surface area (Å²) in [5.41, 5.74) is 16.2. The zero-order valence-electron chi connectivity index (χ0n) is 30.3. The fraction of sp³-hybridized carbons (Fsp3) is 0.0189. The molecule has 0 saturated carbocycles. The number of thiophene rings is 1. The Morgan fingerprint density at radius 3 is 1.86 bits per heavy atom. The smallest absolute Gasteiger partial charge is 0.160 e. The molecule has 0 N–H and O–H groups in total. The standard InChI is InChI=1S/C53H32N2S/c1-2-15-34(16-3-1)52-54-47(37-27-26-33-14-4-5-17-35(33)30-37)32-48(55-52)41-20-7-6-18-38(41)36-28-29-40-39-19-8-11-23-44(39)53(46(40)31-36)45-24-12-9-21-42(45)50-43-22-10-13-25-49(43)56-51(50)53/h1-32H. The highest BCUT2D eigenvalue weighted by Gasteiger charge is 2.53. The Hall–Kier alpha value is -6.94. The van der Waals surface area contributed by atoms with Crippen LogP contribution >= 0.6 is 11.3 Å². The largest absolute Gasteiger partial charge is 0.228 e. The molecule has 1 atom stereocenters. The van der Waals surface area contributed by atoms with Crippen LogP contribution in [0.15, 0.2) is 194 Å².